The average molecular weight is 460 g/mol. The Morgan fingerprint density at radius 2 is 1.91 bits per heavy atom. The van der Waals surface area contributed by atoms with Gasteiger partial charge < -0.3 is 14.4 Å². The van der Waals surface area contributed by atoms with Crippen molar-refractivity contribution < 1.29 is 17.9 Å². The number of aromatic nitrogens is 1. The molecule has 3 heterocycles. The fraction of sp³-hybridized carbons (Fsp3) is 0.542. The second-order valence-electron chi connectivity index (χ2n) is 8.76. The standard InChI is InChI=1S/C24H33N3O4S/c1-30-24-8-6-22(17-25-24)26-12-9-19(10-13-26)4-3-15-31-23-7-5-21-18-27(32(2,28)29)14-11-20(21)16-23/h5-8,16-17,19H,3-4,9-15,18H2,1-2H3. The van der Waals surface area contributed by atoms with E-state index in [9.17, 15) is 8.42 Å². The maximum atomic E-state index is 11.8. The number of anilines is 1. The van der Waals surface area contributed by atoms with E-state index in [0.717, 1.165) is 49.8 Å². The number of piperidine rings is 1. The zero-order valence-corrected chi connectivity index (χ0v) is 19.8. The lowest BCUT2D eigenvalue weighted by atomic mass is 9.92. The molecule has 0 radical (unpaired) electrons. The molecule has 1 aromatic carbocycles. The fourth-order valence-corrected chi connectivity index (χ4v) is 5.40. The Balaban J connectivity index is 1.18. The van der Waals surface area contributed by atoms with Gasteiger partial charge in [0.15, 0.2) is 0 Å². The van der Waals surface area contributed by atoms with Gasteiger partial charge in [0.25, 0.3) is 0 Å². The van der Waals surface area contributed by atoms with E-state index in [1.165, 1.54) is 41.1 Å². The molecule has 0 atom stereocenters. The summed E-state index contributed by atoms with van der Waals surface area (Å²) in [6.07, 6.45) is 8.53. The number of rotatable bonds is 8. The Morgan fingerprint density at radius 1 is 1.09 bits per heavy atom. The molecule has 1 saturated heterocycles. The van der Waals surface area contributed by atoms with Crippen molar-refractivity contribution in [2.45, 2.75) is 38.6 Å². The maximum Gasteiger partial charge on any atom is 0.213 e. The van der Waals surface area contributed by atoms with Gasteiger partial charge in [0.2, 0.25) is 15.9 Å². The molecule has 0 amide bonds. The molecule has 32 heavy (non-hydrogen) atoms. The summed E-state index contributed by atoms with van der Waals surface area (Å²) < 4.78 is 36.2. The fourth-order valence-electron chi connectivity index (χ4n) is 4.60. The lowest BCUT2D eigenvalue weighted by Gasteiger charge is -2.33. The number of nitrogens with zero attached hydrogens (tertiary/aromatic N) is 3. The number of benzene rings is 1. The van der Waals surface area contributed by atoms with Gasteiger partial charge in [-0.05, 0) is 67.3 Å². The predicted molar refractivity (Wildman–Crippen MR) is 126 cm³/mol. The zero-order valence-electron chi connectivity index (χ0n) is 19.0. The van der Waals surface area contributed by atoms with E-state index < -0.39 is 10.0 Å². The van der Waals surface area contributed by atoms with Crippen LogP contribution in [0, 0.1) is 5.92 Å². The van der Waals surface area contributed by atoms with Crippen LogP contribution in [0.1, 0.15) is 36.8 Å². The molecule has 0 aliphatic carbocycles. The van der Waals surface area contributed by atoms with Crippen LogP contribution in [0.4, 0.5) is 5.69 Å². The van der Waals surface area contributed by atoms with Crippen molar-refractivity contribution >= 4 is 15.7 Å². The highest BCUT2D eigenvalue weighted by molar-refractivity contribution is 7.88. The number of hydrogen-bond donors (Lipinski definition) is 0. The topological polar surface area (TPSA) is 72.0 Å². The van der Waals surface area contributed by atoms with Gasteiger partial charge in [0, 0.05) is 32.2 Å². The highest BCUT2D eigenvalue weighted by atomic mass is 32.2. The molecule has 1 aromatic heterocycles. The van der Waals surface area contributed by atoms with Crippen LogP contribution >= 0.6 is 0 Å². The summed E-state index contributed by atoms with van der Waals surface area (Å²) in [5.74, 6) is 2.28. The van der Waals surface area contributed by atoms with E-state index in [-0.39, 0.29) is 0 Å². The highest BCUT2D eigenvalue weighted by Crippen LogP contribution is 2.28. The molecule has 0 saturated carbocycles. The first-order valence-electron chi connectivity index (χ1n) is 11.4. The van der Waals surface area contributed by atoms with Crippen LogP contribution in [-0.2, 0) is 23.0 Å². The van der Waals surface area contributed by atoms with Gasteiger partial charge in [-0.25, -0.2) is 13.4 Å². The minimum absolute atomic E-state index is 0.458. The molecule has 0 N–H and O–H groups in total. The predicted octanol–water partition coefficient (Wildman–Crippen LogP) is 3.48. The van der Waals surface area contributed by atoms with E-state index in [2.05, 4.69) is 22.0 Å². The third-order valence-electron chi connectivity index (χ3n) is 6.56. The number of fused-ring (bicyclic) bond motifs is 1. The Hall–Kier alpha value is -2.32. The number of sulfonamides is 1. The van der Waals surface area contributed by atoms with Crippen molar-refractivity contribution in [3.63, 3.8) is 0 Å². The average Bonchev–Trinajstić information content (AvgIpc) is 2.81. The summed E-state index contributed by atoms with van der Waals surface area (Å²) in [5.41, 5.74) is 3.44. The van der Waals surface area contributed by atoms with Crippen LogP contribution in [0.2, 0.25) is 0 Å². The summed E-state index contributed by atoms with van der Waals surface area (Å²) in [7, 11) is -1.50. The summed E-state index contributed by atoms with van der Waals surface area (Å²) >= 11 is 0. The van der Waals surface area contributed by atoms with E-state index in [0.29, 0.717) is 19.0 Å². The van der Waals surface area contributed by atoms with Crippen LogP contribution in [0.25, 0.3) is 0 Å². The lowest BCUT2D eigenvalue weighted by Crippen LogP contribution is -2.35. The molecule has 2 aliphatic heterocycles. The molecular weight excluding hydrogens is 426 g/mol. The van der Waals surface area contributed by atoms with Gasteiger partial charge in [-0.1, -0.05) is 6.07 Å². The van der Waals surface area contributed by atoms with Gasteiger partial charge in [0.05, 0.1) is 31.9 Å². The Labute approximate surface area is 191 Å². The SMILES string of the molecule is COc1ccc(N2CCC(CCCOc3ccc4c(c3)CCN(S(C)(=O)=O)C4)CC2)cn1. The molecule has 4 rings (SSSR count). The van der Waals surface area contributed by atoms with Gasteiger partial charge in [-0.3, -0.25) is 0 Å². The quantitative estimate of drug-likeness (QED) is 0.563. The monoisotopic (exact) mass is 459 g/mol. The second-order valence-corrected chi connectivity index (χ2v) is 10.7. The first-order valence-corrected chi connectivity index (χ1v) is 13.2. The van der Waals surface area contributed by atoms with Crippen molar-refractivity contribution in [2.24, 2.45) is 5.92 Å². The van der Waals surface area contributed by atoms with Crippen molar-refractivity contribution in [3.05, 3.63) is 47.7 Å². The van der Waals surface area contributed by atoms with Crippen LogP contribution in [0.5, 0.6) is 11.6 Å². The third kappa shape index (κ3) is 5.72. The lowest BCUT2D eigenvalue weighted by molar-refractivity contribution is 0.278. The summed E-state index contributed by atoms with van der Waals surface area (Å²) in [5, 5.41) is 0. The van der Waals surface area contributed by atoms with Gasteiger partial charge in [-0.2, -0.15) is 4.31 Å². The van der Waals surface area contributed by atoms with Gasteiger partial charge >= 0.3 is 0 Å². The summed E-state index contributed by atoms with van der Waals surface area (Å²) in [6, 6.07) is 10.0. The van der Waals surface area contributed by atoms with E-state index in [1.807, 2.05) is 24.4 Å². The largest absolute Gasteiger partial charge is 0.494 e. The van der Waals surface area contributed by atoms with E-state index >= 15 is 0 Å². The second kappa shape index (κ2) is 10.1. The normalized spacial score (nSPS) is 17.8. The molecule has 174 valence electrons. The van der Waals surface area contributed by atoms with Crippen LogP contribution in [-0.4, -0.2) is 57.3 Å². The van der Waals surface area contributed by atoms with Gasteiger partial charge in [-0.15, -0.1) is 0 Å². The molecule has 2 aliphatic rings. The van der Waals surface area contributed by atoms with Crippen LogP contribution in [0.3, 0.4) is 0 Å². The van der Waals surface area contributed by atoms with Crippen molar-refractivity contribution in [1.82, 2.24) is 9.29 Å². The minimum Gasteiger partial charge on any atom is -0.494 e. The Bertz CT molecular complexity index is 1000. The molecule has 1 fully saturated rings. The molecule has 8 heteroatoms. The zero-order chi connectivity index (χ0) is 22.6. The maximum absolute atomic E-state index is 11.8. The van der Waals surface area contributed by atoms with Crippen molar-refractivity contribution in [2.75, 3.05) is 44.5 Å². The van der Waals surface area contributed by atoms with Crippen molar-refractivity contribution in [1.29, 1.82) is 0 Å². The first-order chi connectivity index (χ1) is 15.4. The van der Waals surface area contributed by atoms with E-state index in [4.69, 9.17) is 9.47 Å². The summed E-state index contributed by atoms with van der Waals surface area (Å²) in [6.45, 7) is 3.85. The molecule has 0 bridgehead atoms. The Morgan fingerprint density at radius 3 is 2.59 bits per heavy atom. The van der Waals surface area contributed by atoms with Crippen LogP contribution < -0.4 is 14.4 Å². The molecular formula is C24H33N3O4S. The van der Waals surface area contributed by atoms with Crippen LogP contribution in [0.15, 0.2) is 36.5 Å². The number of ether oxygens (including phenoxy) is 2. The molecule has 7 nitrogen and oxygen atoms in total. The molecule has 0 spiro atoms. The number of methoxy groups -OCH3 is 1. The van der Waals surface area contributed by atoms with Crippen molar-refractivity contribution in [3.8, 4) is 11.6 Å². The van der Waals surface area contributed by atoms with E-state index in [1.54, 1.807) is 7.11 Å². The third-order valence-corrected chi connectivity index (χ3v) is 7.81. The highest BCUT2D eigenvalue weighted by Gasteiger charge is 2.23. The summed E-state index contributed by atoms with van der Waals surface area (Å²) in [4.78, 5) is 6.71. The van der Waals surface area contributed by atoms with Gasteiger partial charge in [0.1, 0.15) is 5.75 Å². The number of hydrogen-bond acceptors (Lipinski definition) is 6. The number of pyridine rings is 1. The molecule has 2 aromatic rings. The first kappa shape index (κ1) is 22.9. The Kier molecular flexibility index (Phi) is 7.20. The smallest absolute Gasteiger partial charge is 0.213 e. The molecule has 0 unspecified atom stereocenters. The minimum atomic E-state index is -3.14.